The van der Waals surface area contributed by atoms with Gasteiger partial charge < -0.3 is 11.1 Å². The summed E-state index contributed by atoms with van der Waals surface area (Å²) in [4.78, 5) is 8.01. The molecule has 4 nitrogen and oxygen atoms in total. The summed E-state index contributed by atoms with van der Waals surface area (Å²) in [5.41, 5.74) is 5.97. The maximum Gasteiger partial charge on any atom is 0.416 e. The predicted octanol–water partition coefficient (Wildman–Crippen LogP) is 3.55. The molecule has 0 saturated heterocycles. The molecule has 20 heavy (non-hydrogen) atoms. The average molecular weight is 305 g/mol. The maximum atomic E-state index is 12.4. The summed E-state index contributed by atoms with van der Waals surface area (Å²) >= 11 is 0. The highest BCUT2D eigenvalue weighted by Gasteiger charge is 2.29. The molecule has 0 aliphatic carbocycles. The van der Waals surface area contributed by atoms with Gasteiger partial charge in [0.1, 0.15) is 5.82 Å². The predicted molar refractivity (Wildman–Crippen MR) is 73.2 cm³/mol. The van der Waals surface area contributed by atoms with Crippen LogP contribution in [0.5, 0.6) is 0 Å². The van der Waals surface area contributed by atoms with Crippen molar-refractivity contribution in [2.45, 2.75) is 13.1 Å². The monoisotopic (exact) mass is 304 g/mol. The van der Waals surface area contributed by atoms with E-state index in [-0.39, 0.29) is 18.4 Å². The second-order valence-corrected chi connectivity index (χ2v) is 3.96. The minimum absolute atomic E-state index is 0. The zero-order valence-electron chi connectivity index (χ0n) is 10.4. The Bertz CT molecular complexity index is 564. The number of halogens is 4. The Morgan fingerprint density at radius 3 is 2.20 bits per heavy atom. The Morgan fingerprint density at radius 2 is 1.70 bits per heavy atom. The number of alkyl halides is 3. The van der Waals surface area contributed by atoms with Crippen molar-refractivity contribution in [3.8, 4) is 0 Å². The molecule has 8 heteroatoms. The van der Waals surface area contributed by atoms with Gasteiger partial charge in [0.25, 0.3) is 0 Å². The number of hydrogen-bond acceptors (Lipinski definition) is 4. The average Bonchev–Trinajstić information content (AvgIpc) is 2.26. The second kappa shape index (κ2) is 5.96. The summed E-state index contributed by atoms with van der Waals surface area (Å²) in [6, 6.07) is 6.19. The first-order chi connectivity index (χ1) is 8.84. The topological polar surface area (TPSA) is 63.8 Å². The van der Waals surface area contributed by atoms with Crippen LogP contribution in [0.4, 0.5) is 30.6 Å². The van der Waals surface area contributed by atoms with Crippen LogP contribution in [0.1, 0.15) is 11.3 Å². The van der Waals surface area contributed by atoms with Gasteiger partial charge in [-0.2, -0.15) is 18.2 Å². The molecule has 1 aromatic heterocycles. The van der Waals surface area contributed by atoms with E-state index < -0.39 is 11.7 Å². The molecule has 0 aliphatic rings. The van der Waals surface area contributed by atoms with Gasteiger partial charge in [-0.25, -0.2) is 4.98 Å². The molecule has 0 bridgehead atoms. The van der Waals surface area contributed by atoms with Crippen LogP contribution in [0.15, 0.2) is 30.3 Å². The number of hydrogen-bond donors (Lipinski definition) is 2. The molecule has 0 saturated carbocycles. The fourth-order valence-corrected chi connectivity index (χ4v) is 1.52. The molecule has 3 N–H and O–H groups in total. The Balaban J connectivity index is 0.00000200. The molecular formula is C12H12ClF3N4. The largest absolute Gasteiger partial charge is 0.416 e. The van der Waals surface area contributed by atoms with E-state index in [1.165, 1.54) is 12.1 Å². The molecule has 108 valence electrons. The lowest BCUT2D eigenvalue weighted by Gasteiger charge is -2.09. The highest BCUT2D eigenvalue weighted by Crippen LogP contribution is 2.30. The first-order valence-corrected chi connectivity index (χ1v) is 5.40. The van der Waals surface area contributed by atoms with Gasteiger partial charge in [-0.15, -0.1) is 12.4 Å². The molecule has 0 atom stereocenters. The fourth-order valence-electron chi connectivity index (χ4n) is 1.52. The van der Waals surface area contributed by atoms with Gasteiger partial charge in [0, 0.05) is 17.4 Å². The van der Waals surface area contributed by atoms with Crippen LogP contribution in [0.3, 0.4) is 0 Å². The van der Waals surface area contributed by atoms with E-state index in [9.17, 15) is 13.2 Å². The van der Waals surface area contributed by atoms with Gasteiger partial charge in [-0.05, 0) is 31.2 Å². The molecule has 1 heterocycles. The number of nitrogens with one attached hydrogen (secondary N) is 1. The zero-order chi connectivity index (χ0) is 14.0. The molecule has 1 aromatic carbocycles. The quantitative estimate of drug-likeness (QED) is 0.890. The number of nitrogens with zero attached hydrogens (tertiary/aromatic N) is 2. The van der Waals surface area contributed by atoms with Crippen LogP contribution in [0.25, 0.3) is 0 Å². The standard InChI is InChI=1S/C12H11F3N4.ClH/c1-7-6-10(16)19-11(17-7)18-9-4-2-8(3-5-9)12(13,14)15;/h2-6H,1H3,(H3,16,17,18,19);1H. The molecule has 2 rings (SSSR count). The highest BCUT2D eigenvalue weighted by molar-refractivity contribution is 5.85. The van der Waals surface area contributed by atoms with Crippen LogP contribution in [0, 0.1) is 6.92 Å². The number of nitrogens with two attached hydrogens (primary N) is 1. The highest BCUT2D eigenvalue weighted by atomic mass is 35.5. The van der Waals surface area contributed by atoms with E-state index in [2.05, 4.69) is 15.3 Å². The van der Waals surface area contributed by atoms with Crippen molar-refractivity contribution in [2.75, 3.05) is 11.1 Å². The third kappa shape index (κ3) is 3.99. The molecule has 0 aliphatic heterocycles. The molecule has 0 spiro atoms. The Morgan fingerprint density at radius 1 is 1.10 bits per heavy atom. The van der Waals surface area contributed by atoms with E-state index in [0.717, 1.165) is 12.1 Å². The summed E-state index contributed by atoms with van der Waals surface area (Å²) in [6.07, 6.45) is -4.34. The first kappa shape index (κ1) is 16.0. The number of rotatable bonds is 2. The van der Waals surface area contributed by atoms with Gasteiger partial charge >= 0.3 is 6.18 Å². The van der Waals surface area contributed by atoms with Gasteiger partial charge in [-0.3, -0.25) is 0 Å². The number of aryl methyl sites for hydroxylation is 1. The van der Waals surface area contributed by atoms with Crippen LogP contribution in [0.2, 0.25) is 0 Å². The Labute approximate surface area is 119 Å². The summed E-state index contributed by atoms with van der Waals surface area (Å²) in [5, 5.41) is 2.79. The summed E-state index contributed by atoms with van der Waals surface area (Å²) < 4.78 is 37.2. The minimum atomic E-state index is -4.34. The lowest BCUT2D eigenvalue weighted by Crippen LogP contribution is -2.05. The second-order valence-electron chi connectivity index (χ2n) is 3.96. The third-order valence-electron chi connectivity index (χ3n) is 2.34. The van der Waals surface area contributed by atoms with Crippen molar-refractivity contribution in [1.29, 1.82) is 0 Å². The smallest absolute Gasteiger partial charge is 0.384 e. The van der Waals surface area contributed by atoms with Crippen molar-refractivity contribution < 1.29 is 13.2 Å². The van der Waals surface area contributed by atoms with Gasteiger partial charge in [0.2, 0.25) is 5.95 Å². The lowest BCUT2D eigenvalue weighted by molar-refractivity contribution is -0.137. The fraction of sp³-hybridized carbons (Fsp3) is 0.167. The normalized spacial score (nSPS) is 10.8. The Kier molecular flexibility index (Phi) is 4.78. The van der Waals surface area contributed by atoms with Crippen LogP contribution in [-0.4, -0.2) is 9.97 Å². The SMILES string of the molecule is Cc1cc(N)nc(Nc2ccc(C(F)(F)F)cc2)n1.Cl. The van der Waals surface area contributed by atoms with E-state index in [4.69, 9.17) is 5.73 Å². The van der Waals surface area contributed by atoms with Crippen molar-refractivity contribution in [3.05, 3.63) is 41.6 Å². The lowest BCUT2D eigenvalue weighted by atomic mass is 10.2. The first-order valence-electron chi connectivity index (χ1n) is 5.40. The third-order valence-corrected chi connectivity index (χ3v) is 2.34. The molecule has 0 unspecified atom stereocenters. The maximum absolute atomic E-state index is 12.4. The van der Waals surface area contributed by atoms with Gasteiger partial charge in [0.05, 0.1) is 5.56 Å². The summed E-state index contributed by atoms with van der Waals surface area (Å²) in [6.45, 7) is 1.75. The van der Waals surface area contributed by atoms with Gasteiger partial charge in [0.15, 0.2) is 0 Å². The molecule has 2 aromatic rings. The molecular weight excluding hydrogens is 293 g/mol. The number of aromatic nitrogens is 2. The van der Waals surface area contributed by atoms with E-state index in [1.54, 1.807) is 13.0 Å². The van der Waals surface area contributed by atoms with Crippen molar-refractivity contribution in [1.82, 2.24) is 9.97 Å². The zero-order valence-corrected chi connectivity index (χ0v) is 11.2. The molecule has 0 fully saturated rings. The van der Waals surface area contributed by atoms with Crippen molar-refractivity contribution in [3.63, 3.8) is 0 Å². The summed E-state index contributed by atoms with van der Waals surface area (Å²) in [5.74, 6) is 0.541. The summed E-state index contributed by atoms with van der Waals surface area (Å²) in [7, 11) is 0. The van der Waals surface area contributed by atoms with Crippen molar-refractivity contribution in [2.24, 2.45) is 0 Å². The number of benzene rings is 1. The molecule has 0 radical (unpaired) electrons. The minimum Gasteiger partial charge on any atom is -0.384 e. The number of anilines is 3. The van der Waals surface area contributed by atoms with E-state index >= 15 is 0 Å². The van der Waals surface area contributed by atoms with E-state index in [0.29, 0.717) is 17.2 Å². The Hall–Kier alpha value is -2.02. The van der Waals surface area contributed by atoms with Crippen LogP contribution < -0.4 is 11.1 Å². The van der Waals surface area contributed by atoms with Crippen molar-refractivity contribution >= 4 is 29.9 Å². The van der Waals surface area contributed by atoms with Crippen LogP contribution >= 0.6 is 12.4 Å². The number of nitrogen functional groups attached to an aromatic ring is 1. The van der Waals surface area contributed by atoms with E-state index in [1.807, 2.05) is 0 Å². The van der Waals surface area contributed by atoms with Gasteiger partial charge in [-0.1, -0.05) is 0 Å². The van der Waals surface area contributed by atoms with Crippen LogP contribution in [-0.2, 0) is 6.18 Å². The molecule has 0 amide bonds.